The van der Waals surface area contributed by atoms with Gasteiger partial charge in [0.15, 0.2) is 0 Å². The Labute approximate surface area is 126 Å². The highest BCUT2D eigenvalue weighted by atomic mass is 32.1. The van der Waals surface area contributed by atoms with Crippen LogP contribution in [0.5, 0.6) is 0 Å². The molecule has 0 aromatic carbocycles. The van der Waals surface area contributed by atoms with Crippen molar-refractivity contribution in [1.29, 1.82) is 0 Å². The van der Waals surface area contributed by atoms with E-state index in [2.05, 4.69) is 9.97 Å². The van der Waals surface area contributed by atoms with Crippen LogP contribution in [0.2, 0.25) is 0 Å². The van der Waals surface area contributed by atoms with Gasteiger partial charge in [-0.25, -0.2) is 0 Å². The number of nitrogen functional groups attached to an aromatic ring is 1. The predicted molar refractivity (Wildman–Crippen MR) is 84.1 cm³/mol. The summed E-state index contributed by atoms with van der Waals surface area (Å²) in [4.78, 5) is 22.9. The fourth-order valence-corrected chi connectivity index (χ4v) is 3.19. The van der Waals surface area contributed by atoms with Gasteiger partial charge in [0.1, 0.15) is 10.4 Å². The zero-order chi connectivity index (χ0) is 14.8. The number of aromatic nitrogens is 2. The van der Waals surface area contributed by atoms with Gasteiger partial charge in [-0.3, -0.25) is 14.8 Å². The number of carbonyl (C=O) groups is 1. The van der Waals surface area contributed by atoms with Crippen LogP contribution in [-0.4, -0.2) is 27.8 Å². The minimum atomic E-state index is -0.0905. The fraction of sp³-hybridized carbons (Fsp3) is 0.133. The SMILES string of the molecule is CN(Cc1ccncc1)C(=O)c1sc2cccnc2c1N. The lowest BCUT2D eigenvalue weighted by Crippen LogP contribution is -2.26. The molecule has 0 unspecified atom stereocenters. The first-order chi connectivity index (χ1) is 10.2. The average Bonchev–Trinajstić information content (AvgIpc) is 2.85. The number of nitrogens with zero attached hydrogens (tertiary/aromatic N) is 3. The normalized spacial score (nSPS) is 10.7. The van der Waals surface area contributed by atoms with E-state index in [1.807, 2.05) is 24.3 Å². The molecular formula is C15H14N4OS. The van der Waals surface area contributed by atoms with E-state index in [1.165, 1.54) is 11.3 Å². The van der Waals surface area contributed by atoms with Gasteiger partial charge in [0.25, 0.3) is 5.91 Å². The molecular weight excluding hydrogens is 284 g/mol. The number of nitrogens with two attached hydrogens (primary N) is 1. The number of thiophene rings is 1. The Morgan fingerprint density at radius 1 is 1.29 bits per heavy atom. The first-order valence-electron chi connectivity index (χ1n) is 6.44. The topological polar surface area (TPSA) is 72.1 Å². The Hall–Kier alpha value is -2.47. The van der Waals surface area contributed by atoms with Crippen LogP contribution in [0.25, 0.3) is 10.2 Å². The Kier molecular flexibility index (Phi) is 3.53. The van der Waals surface area contributed by atoms with E-state index in [4.69, 9.17) is 5.73 Å². The summed E-state index contributed by atoms with van der Waals surface area (Å²) in [6, 6.07) is 7.54. The van der Waals surface area contributed by atoms with Crippen LogP contribution in [0.4, 0.5) is 5.69 Å². The van der Waals surface area contributed by atoms with Crippen LogP contribution in [0, 0.1) is 0 Å². The third-order valence-corrected chi connectivity index (χ3v) is 4.34. The van der Waals surface area contributed by atoms with Crippen molar-refractivity contribution in [3.05, 3.63) is 53.3 Å². The lowest BCUT2D eigenvalue weighted by Gasteiger charge is -2.16. The highest BCUT2D eigenvalue weighted by Gasteiger charge is 2.20. The zero-order valence-electron chi connectivity index (χ0n) is 11.5. The summed E-state index contributed by atoms with van der Waals surface area (Å²) in [6.45, 7) is 0.516. The van der Waals surface area contributed by atoms with E-state index < -0.39 is 0 Å². The van der Waals surface area contributed by atoms with Gasteiger partial charge >= 0.3 is 0 Å². The molecule has 5 nitrogen and oxygen atoms in total. The molecule has 3 rings (SSSR count). The van der Waals surface area contributed by atoms with Gasteiger partial charge < -0.3 is 10.6 Å². The summed E-state index contributed by atoms with van der Waals surface area (Å²) < 4.78 is 0.927. The third-order valence-electron chi connectivity index (χ3n) is 3.19. The van der Waals surface area contributed by atoms with E-state index in [0.717, 1.165) is 10.3 Å². The monoisotopic (exact) mass is 298 g/mol. The molecule has 0 saturated carbocycles. The van der Waals surface area contributed by atoms with Crippen molar-refractivity contribution in [3.8, 4) is 0 Å². The Balaban J connectivity index is 1.88. The van der Waals surface area contributed by atoms with Crippen molar-refractivity contribution in [3.63, 3.8) is 0 Å². The molecule has 3 aromatic heterocycles. The van der Waals surface area contributed by atoms with Gasteiger partial charge in [-0.05, 0) is 29.8 Å². The lowest BCUT2D eigenvalue weighted by molar-refractivity contribution is 0.0791. The van der Waals surface area contributed by atoms with Crippen LogP contribution >= 0.6 is 11.3 Å². The molecule has 0 aliphatic rings. The second-order valence-electron chi connectivity index (χ2n) is 4.71. The molecule has 0 atom stereocenters. The largest absolute Gasteiger partial charge is 0.396 e. The van der Waals surface area contributed by atoms with Crippen LogP contribution in [0.15, 0.2) is 42.9 Å². The van der Waals surface area contributed by atoms with Crippen molar-refractivity contribution in [2.45, 2.75) is 6.54 Å². The minimum absolute atomic E-state index is 0.0905. The smallest absolute Gasteiger partial charge is 0.266 e. The van der Waals surface area contributed by atoms with Crippen LogP contribution in [-0.2, 0) is 6.54 Å². The summed E-state index contributed by atoms with van der Waals surface area (Å²) >= 11 is 1.38. The first kappa shape index (κ1) is 13.5. The Morgan fingerprint density at radius 2 is 2.05 bits per heavy atom. The second-order valence-corrected chi connectivity index (χ2v) is 5.76. The molecule has 0 spiro atoms. The van der Waals surface area contributed by atoms with Crippen molar-refractivity contribution in [2.75, 3.05) is 12.8 Å². The highest BCUT2D eigenvalue weighted by molar-refractivity contribution is 7.21. The predicted octanol–water partition coefficient (Wildman–Crippen LogP) is 2.55. The summed E-state index contributed by atoms with van der Waals surface area (Å²) in [6.07, 6.45) is 5.11. The van der Waals surface area contributed by atoms with E-state index in [1.54, 1.807) is 30.5 Å². The molecule has 2 N–H and O–H groups in total. The minimum Gasteiger partial charge on any atom is -0.396 e. The van der Waals surface area contributed by atoms with Gasteiger partial charge in [-0.1, -0.05) is 0 Å². The Morgan fingerprint density at radius 3 is 2.76 bits per heavy atom. The summed E-state index contributed by atoms with van der Waals surface area (Å²) in [5.41, 5.74) is 8.25. The number of fused-ring (bicyclic) bond motifs is 1. The maximum Gasteiger partial charge on any atom is 0.266 e. The number of carbonyl (C=O) groups excluding carboxylic acids is 1. The molecule has 6 heteroatoms. The summed E-state index contributed by atoms with van der Waals surface area (Å²) in [5.74, 6) is -0.0905. The van der Waals surface area contributed by atoms with Gasteiger partial charge in [-0.15, -0.1) is 11.3 Å². The van der Waals surface area contributed by atoms with Crippen molar-refractivity contribution in [1.82, 2.24) is 14.9 Å². The molecule has 0 aliphatic carbocycles. The number of hydrogen-bond acceptors (Lipinski definition) is 5. The van der Waals surface area contributed by atoms with Gasteiger partial charge in [0.05, 0.1) is 10.4 Å². The van der Waals surface area contributed by atoms with Crippen LogP contribution in [0.3, 0.4) is 0 Å². The van der Waals surface area contributed by atoms with Gasteiger partial charge in [0, 0.05) is 32.2 Å². The quantitative estimate of drug-likeness (QED) is 0.806. The molecule has 3 heterocycles. The standard InChI is InChI=1S/C15H14N4OS/c1-19(9-10-4-7-17-8-5-10)15(20)14-12(16)13-11(21-14)3-2-6-18-13/h2-8H,9,16H2,1H3. The molecule has 1 amide bonds. The summed E-state index contributed by atoms with van der Waals surface area (Å²) in [5, 5.41) is 0. The lowest BCUT2D eigenvalue weighted by atomic mass is 10.2. The first-order valence-corrected chi connectivity index (χ1v) is 7.26. The maximum absolute atomic E-state index is 12.6. The van der Waals surface area contributed by atoms with Crippen molar-refractivity contribution < 1.29 is 4.79 Å². The molecule has 3 aromatic rings. The van der Waals surface area contributed by atoms with E-state index in [9.17, 15) is 4.79 Å². The molecule has 0 radical (unpaired) electrons. The van der Waals surface area contributed by atoms with E-state index >= 15 is 0 Å². The zero-order valence-corrected chi connectivity index (χ0v) is 12.3. The molecule has 0 saturated heterocycles. The number of pyridine rings is 2. The molecule has 21 heavy (non-hydrogen) atoms. The van der Waals surface area contributed by atoms with E-state index in [-0.39, 0.29) is 5.91 Å². The van der Waals surface area contributed by atoms with Gasteiger partial charge in [0.2, 0.25) is 0 Å². The number of hydrogen-bond donors (Lipinski definition) is 1. The molecule has 106 valence electrons. The maximum atomic E-state index is 12.6. The number of amides is 1. The Bertz CT molecular complexity index is 785. The fourth-order valence-electron chi connectivity index (χ4n) is 2.11. The number of rotatable bonds is 3. The molecule has 0 bridgehead atoms. The van der Waals surface area contributed by atoms with Crippen molar-refractivity contribution in [2.24, 2.45) is 0 Å². The summed E-state index contributed by atoms with van der Waals surface area (Å²) in [7, 11) is 1.76. The molecule has 0 aliphatic heterocycles. The molecule has 0 fully saturated rings. The second kappa shape index (κ2) is 5.49. The van der Waals surface area contributed by atoms with Gasteiger partial charge in [-0.2, -0.15) is 0 Å². The number of anilines is 1. The highest BCUT2D eigenvalue weighted by Crippen LogP contribution is 2.32. The van der Waals surface area contributed by atoms with E-state index in [0.29, 0.717) is 22.6 Å². The average molecular weight is 298 g/mol. The third kappa shape index (κ3) is 2.57. The van der Waals surface area contributed by atoms with Crippen LogP contribution in [0.1, 0.15) is 15.2 Å². The van der Waals surface area contributed by atoms with Crippen LogP contribution < -0.4 is 5.73 Å². The van der Waals surface area contributed by atoms with Crippen molar-refractivity contribution >= 4 is 33.1 Å².